The van der Waals surface area contributed by atoms with E-state index in [-0.39, 0.29) is 17.9 Å². The number of hydrogen-bond acceptors (Lipinski definition) is 6. The number of aromatic nitrogens is 4. The highest BCUT2D eigenvalue weighted by molar-refractivity contribution is 5.79. The predicted molar refractivity (Wildman–Crippen MR) is 94.2 cm³/mol. The Balaban J connectivity index is 1.40. The van der Waals surface area contributed by atoms with E-state index in [0.717, 1.165) is 69.2 Å². The number of amides is 1. The smallest absolute Gasteiger partial charge is 0.225 e. The Bertz CT molecular complexity index is 765. The Morgan fingerprint density at radius 2 is 1.96 bits per heavy atom. The first kappa shape index (κ1) is 16.3. The number of carbonyl (C=O) groups is 1. The SMILES string of the molecule is Cc1nnc2ccc(N3CCN(C(=O)[C@H]4CCC[C@@H](N)C4)CC3)nn12. The van der Waals surface area contributed by atoms with E-state index in [1.807, 2.05) is 24.0 Å². The summed E-state index contributed by atoms with van der Waals surface area (Å²) in [6.45, 7) is 4.97. The lowest BCUT2D eigenvalue weighted by Gasteiger charge is -2.38. The molecule has 0 aromatic carbocycles. The summed E-state index contributed by atoms with van der Waals surface area (Å²) < 4.78 is 1.76. The molecule has 0 bridgehead atoms. The zero-order chi connectivity index (χ0) is 17.4. The van der Waals surface area contributed by atoms with Crippen LogP contribution in [0.2, 0.25) is 0 Å². The molecule has 25 heavy (non-hydrogen) atoms. The summed E-state index contributed by atoms with van der Waals surface area (Å²) in [6.07, 6.45) is 3.94. The molecule has 8 nitrogen and oxygen atoms in total. The third-order valence-electron chi connectivity index (χ3n) is 5.38. The van der Waals surface area contributed by atoms with Crippen molar-refractivity contribution in [2.24, 2.45) is 11.7 Å². The standard InChI is InChI=1S/C17H25N7O/c1-12-19-20-15-5-6-16(21-24(12)15)22-7-9-23(10-8-22)17(25)13-3-2-4-14(18)11-13/h5-6,13-14H,2-4,7-11,18H2,1H3/t13-,14+/m0/s1. The number of aryl methyl sites for hydroxylation is 1. The van der Waals surface area contributed by atoms with Crippen molar-refractivity contribution >= 4 is 17.4 Å². The highest BCUT2D eigenvalue weighted by Crippen LogP contribution is 2.26. The van der Waals surface area contributed by atoms with Crippen molar-refractivity contribution in [3.05, 3.63) is 18.0 Å². The number of nitrogens with two attached hydrogens (primary N) is 1. The van der Waals surface area contributed by atoms with E-state index < -0.39 is 0 Å². The number of hydrogen-bond donors (Lipinski definition) is 1. The molecule has 3 heterocycles. The molecule has 2 aromatic rings. The summed E-state index contributed by atoms with van der Waals surface area (Å²) in [4.78, 5) is 17.0. The third kappa shape index (κ3) is 3.18. The summed E-state index contributed by atoms with van der Waals surface area (Å²) >= 11 is 0. The molecule has 1 saturated carbocycles. The molecular formula is C17H25N7O. The average molecular weight is 343 g/mol. The maximum Gasteiger partial charge on any atom is 0.225 e. The van der Waals surface area contributed by atoms with Crippen molar-refractivity contribution in [1.29, 1.82) is 0 Å². The minimum atomic E-state index is 0.115. The molecule has 2 atom stereocenters. The van der Waals surface area contributed by atoms with Gasteiger partial charge in [-0.15, -0.1) is 15.3 Å². The zero-order valence-electron chi connectivity index (χ0n) is 14.6. The third-order valence-corrected chi connectivity index (χ3v) is 5.38. The lowest BCUT2D eigenvalue weighted by atomic mass is 9.85. The van der Waals surface area contributed by atoms with Gasteiger partial charge in [-0.2, -0.15) is 4.52 Å². The molecule has 8 heteroatoms. The van der Waals surface area contributed by atoms with Gasteiger partial charge in [0.05, 0.1) is 0 Å². The molecule has 4 rings (SSSR count). The van der Waals surface area contributed by atoms with Crippen LogP contribution in [-0.2, 0) is 4.79 Å². The lowest BCUT2D eigenvalue weighted by molar-refractivity contribution is -0.137. The summed E-state index contributed by atoms with van der Waals surface area (Å²) in [5, 5.41) is 12.7. The van der Waals surface area contributed by atoms with Gasteiger partial charge in [0, 0.05) is 38.1 Å². The van der Waals surface area contributed by atoms with Gasteiger partial charge in [0.15, 0.2) is 11.5 Å². The number of fused-ring (bicyclic) bond motifs is 1. The molecule has 0 unspecified atom stereocenters. The lowest BCUT2D eigenvalue weighted by Crippen LogP contribution is -2.51. The van der Waals surface area contributed by atoms with Gasteiger partial charge in [0.25, 0.3) is 0 Å². The van der Waals surface area contributed by atoms with Crippen molar-refractivity contribution in [1.82, 2.24) is 24.7 Å². The maximum absolute atomic E-state index is 12.7. The van der Waals surface area contributed by atoms with E-state index in [0.29, 0.717) is 0 Å². The van der Waals surface area contributed by atoms with Crippen molar-refractivity contribution in [2.75, 3.05) is 31.1 Å². The van der Waals surface area contributed by atoms with Crippen molar-refractivity contribution in [3.8, 4) is 0 Å². The van der Waals surface area contributed by atoms with Crippen LogP contribution in [0.1, 0.15) is 31.5 Å². The Labute approximate surface area is 147 Å². The van der Waals surface area contributed by atoms with Gasteiger partial charge in [-0.25, -0.2) is 0 Å². The first-order valence-electron chi connectivity index (χ1n) is 9.10. The van der Waals surface area contributed by atoms with E-state index in [1.54, 1.807) is 4.52 Å². The molecule has 1 aliphatic heterocycles. The Morgan fingerprint density at radius 3 is 2.72 bits per heavy atom. The molecule has 0 radical (unpaired) electrons. The van der Waals surface area contributed by atoms with Gasteiger partial charge in [0.2, 0.25) is 5.91 Å². The predicted octanol–water partition coefficient (Wildman–Crippen LogP) is 0.599. The topological polar surface area (TPSA) is 92.7 Å². The van der Waals surface area contributed by atoms with Gasteiger partial charge in [-0.3, -0.25) is 4.79 Å². The normalized spacial score (nSPS) is 24.7. The van der Waals surface area contributed by atoms with E-state index in [9.17, 15) is 4.79 Å². The Hall–Kier alpha value is -2.22. The zero-order valence-corrected chi connectivity index (χ0v) is 14.6. The van der Waals surface area contributed by atoms with Crippen molar-refractivity contribution in [2.45, 2.75) is 38.6 Å². The molecule has 2 aromatic heterocycles. The summed E-state index contributed by atoms with van der Waals surface area (Å²) in [5.74, 6) is 2.08. The van der Waals surface area contributed by atoms with E-state index in [2.05, 4.69) is 20.2 Å². The van der Waals surface area contributed by atoms with Gasteiger partial charge >= 0.3 is 0 Å². The summed E-state index contributed by atoms with van der Waals surface area (Å²) in [5.41, 5.74) is 6.79. The van der Waals surface area contributed by atoms with Gasteiger partial charge in [-0.1, -0.05) is 6.42 Å². The number of carbonyl (C=O) groups excluding carboxylic acids is 1. The molecular weight excluding hydrogens is 318 g/mol. The fourth-order valence-corrected chi connectivity index (χ4v) is 3.92. The first-order chi connectivity index (χ1) is 12.1. The molecule has 1 amide bonds. The maximum atomic E-state index is 12.7. The average Bonchev–Trinajstić information content (AvgIpc) is 3.02. The highest BCUT2D eigenvalue weighted by Gasteiger charge is 2.31. The number of rotatable bonds is 2. The second-order valence-electron chi connectivity index (χ2n) is 7.14. The van der Waals surface area contributed by atoms with Crippen LogP contribution in [0.5, 0.6) is 0 Å². The molecule has 2 fully saturated rings. The molecule has 1 saturated heterocycles. The fraction of sp³-hybridized carbons (Fsp3) is 0.647. The number of nitrogens with zero attached hydrogens (tertiary/aromatic N) is 6. The van der Waals surface area contributed by atoms with Crippen LogP contribution in [0.25, 0.3) is 5.65 Å². The Morgan fingerprint density at radius 1 is 1.16 bits per heavy atom. The van der Waals surface area contributed by atoms with Crippen LogP contribution in [0.15, 0.2) is 12.1 Å². The van der Waals surface area contributed by atoms with E-state index in [4.69, 9.17) is 5.73 Å². The monoisotopic (exact) mass is 343 g/mol. The minimum absolute atomic E-state index is 0.115. The van der Waals surface area contributed by atoms with Crippen LogP contribution in [0, 0.1) is 12.8 Å². The second-order valence-corrected chi connectivity index (χ2v) is 7.14. The number of anilines is 1. The highest BCUT2D eigenvalue weighted by atomic mass is 16.2. The van der Waals surface area contributed by atoms with Gasteiger partial charge in [0.1, 0.15) is 5.82 Å². The van der Waals surface area contributed by atoms with Gasteiger partial charge in [-0.05, 0) is 38.3 Å². The van der Waals surface area contributed by atoms with E-state index in [1.165, 1.54) is 0 Å². The van der Waals surface area contributed by atoms with E-state index >= 15 is 0 Å². The van der Waals surface area contributed by atoms with Crippen LogP contribution in [0.3, 0.4) is 0 Å². The molecule has 134 valence electrons. The molecule has 2 aliphatic rings. The van der Waals surface area contributed by atoms with Crippen molar-refractivity contribution in [3.63, 3.8) is 0 Å². The number of piperazine rings is 1. The summed E-state index contributed by atoms with van der Waals surface area (Å²) in [6, 6.07) is 4.09. The van der Waals surface area contributed by atoms with Crippen LogP contribution < -0.4 is 10.6 Å². The molecule has 1 aliphatic carbocycles. The van der Waals surface area contributed by atoms with Crippen LogP contribution in [0.4, 0.5) is 5.82 Å². The first-order valence-corrected chi connectivity index (χ1v) is 9.10. The summed E-state index contributed by atoms with van der Waals surface area (Å²) in [7, 11) is 0. The molecule has 0 spiro atoms. The fourth-order valence-electron chi connectivity index (χ4n) is 3.92. The molecule has 2 N–H and O–H groups in total. The van der Waals surface area contributed by atoms with Crippen LogP contribution in [-0.4, -0.2) is 62.8 Å². The van der Waals surface area contributed by atoms with Gasteiger partial charge < -0.3 is 15.5 Å². The van der Waals surface area contributed by atoms with Crippen LogP contribution >= 0.6 is 0 Å². The Kier molecular flexibility index (Phi) is 4.29. The quantitative estimate of drug-likeness (QED) is 0.858. The van der Waals surface area contributed by atoms with Crippen molar-refractivity contribution < 1.29 is 4.79 Å². The minimum Gasteiger partial charge on any atom is -0.352 e. The largest absolute Gasteiger partial charge is 0.352 e. The second kappa shape index (κ2) is 6.59.